The molecule has 3 rings (SSSR count). The summed E-state index contributed by atoms with van der Waals surface area (Å²) in [6, 6.07) is 9.24. The number of anilines is 1. The second-order valence-corrected chi connectivity index (χ2v) is 7.71. The second-order valence-electron chi connectivity index (χ2n) is 7.71. The molecular formula is C24H28F3N3O. The van der Waals surface area contributed by atoms with E-state index >= 15 is 0 Å². The van der Waals surface area contributed by atoms with Gasteiger partial charge >= 0.3 is 0 Å². The van der Waals surface area contributed by atoms with Gasteiger partial charge < -0.3 is 20.8 Å². The number of halogens is 3. The molecule has 0 amide bonds. The van der Waals surface area contributed by atoms with Crippen molar-refractivity contribution in [2.24, 2.45) is 5.92 Å². The van der Waals surface area contributed by atoms with E-state index in [1.165, 1.54) is 24.3 Å². The highest BCUT2D eigenvalue weighted by molar-refractivity contribution is 6.02. The van der Waals surface area contributed by atoms with Gasteiger partial charge in [-0.2, -0.15) is 0 Å². The summed E-state index contributed by atoms with van der Waals surface area (Å²) in [4.78, 5) is 0. The Bertz CT molecular complexity index is 946. The van der Waals surface area contributed by atoms with Crippen molar-refractivity contribution in [3.05, 3.63) is 77.3 Å². The minimum absolute atomic E-state index is 0.162. The Labute approximate surface area is 181 Å². The Morgan fingerprint density at radius 2 is 1.81 bits per heavy atom. The Morgan fingerprint density at radius 1 is 1.10 bits per heavy atom. The molecule has 0 fully saturated rings. The van der Waals surface area contributed by atoms with E-state index in [9.17, 15) is 13.2 Å². The fourth-order valence-electron chi connectivity index (χ4n) is 3.81. The Balaban J connectivity index is 1.93. The first-order chi connectivity index (χ1) is 14.9. The number of nitrogens with one attached hydrogen (secondary N) is 3. The summed E-state index contributed by atoms with van der Waals surface area (Å²) in [6.07, 6.45) is 4.40. The van der Waals surface area contributed by atoms with Crippen LogP contribution in [0, 0.1) is 28.8 Å². The lowest BCUT2D eigenvalue weighted by Crippen LogP contribution is -2.43. The molecule has 0 spiro atoms. The quantitative estimate of drug-likeness (QED) is 0.317. The van der Waals surface area contributed by atoms with Crippen LogP contribution in [0.25, 0.3) is 0 Å². The van der Waals surface area contributed by atoms with Gasteiger partial charge in [0.2, 0.25) is 0 Å². The molecule has 0 aromatic heterocycles. The molecule has 1 aliphatic carbocycles. The van der Waals surface area contributed by atoms with Crippen LogP contribution >= 0.6 is 0 Å². The van der Waals surface area contributed by atoms with Crippen LogP contribution in [0.4, 0.5) is 18.9 Å². The van der Waals surface area contributed by atoms with E-state index in [0.29, 0.717) is 30.8 Å². The molecule has 2 unspecified atom stereocenters. The van der Waals surface area contributed by atoms with E-state index in [0.717, 1.165) is 24.6 Å². The topological polar surface area (TPSA) is 57.1 Å². The average Bonchev–Trinajstić information content (AvgIpc) is 3.44. The van der Waals surface area contributed by atoms with Crippen LogP contribution in [0.3, 0.4) is 0 Å². The number of hydrogen-bond acceptors (Lipinski definition) is 4. The van der Waals surface area contributed by atoms with E-state index in [-0.39, 0.29) is 17.4 Å². The van der Waals surface area contributed by atoms with Crippen molar-refractivity contribution in [3.8, 4) is 0 Å². The van der Waals surface area contributed by atoms with Crippen molar-refractivity contribution in [1.82, 2.24) is 5.32 Å². The molecule has 3 N–H and O–H groups in total. The summed E-state index contributed by atoms with van der Waals surface area (Å²) >= 11 is 0. The molecule has 1 aliphatic rings. The van der Waals surface area contributed by atoms with Gasteiger partial charge in [0.05, 0.1) is 12.3 Å². The molecular weight excluding hydrogens is 403 g/mol. The van der Waals surface area contributed by atoms with Gasteiger partial charge in [0.15, 0.2) is 0 Å². The Kier molecular flexibility index (Phi) is 7.38. The van der Waals surface area contributed by atoms with Crippen molar-refractivity contribution >= 4 is 11.4 Å². The number of methoxy groups -OCH3 is 1. The SMILES string of the molecule is CCCCC(C(=N)c1ccc(F)cc1)C1(Nc2ccc(F)cc2F)C=C1NCCOC. The zero-order chi connectivity index (χ0) is 22.4. The summed E-state index contributed by atoms with van der Waals surface area (Å²) in [6.45, 7) is 3.12. The molecule has 0 radical (unpaired) electrons. The van der Waals surface area contributed by atoms with Gasteiger partial charge in [-0.25, -0.2) is 13.2 Å². The highest BCUT2D eigenvalue weighted by Gasteiger charge is 2.52. The molecule has 7 heteroatoms. The van der Waals surface area contributed by atoms with Crippen molar-refractivity contribution < 1.29 is 17.9 Å². The first kappa shape index (κ1) is 22.9. The lowest BCUT2D eigenvalue weighted by atomic mass is 9.81. The fourth-order valence-corrected chi connectivity index (χ4v) is 3.81. The van der Waals surface area contributed by atoms with Gasteiger partial charge in [-0.05, 0) is 42.3 Å². The molecule has 2 aromatic carbocycles. The number of hydrogen-bond donors (Lipinski definition) is 3. The molecule has 2 atom stereocenters. The summed E-state index contributed by atoms with van der Waals surface area (Å²) in [5.74, 6) is -2.04. The molecule has 166 valence electrons. The van der Waals surface area contributed by atoms with Gasteiger partial charge in [-0.1, -0.05) is 31.9 Å². The molecule has 2 aromatic rings. The first-order valence-corrected chi connectivity index (χ1v) is 10.4. The minimum atomic E-state index is -0.812. The summed E-state index contributed by atoms with van der Waals surface area (Å²) in [5.41, 5.74) is 1.13. The van der Waals surface area contributed by atoms with Crippen LogP contribution in [-0.4, -0.2) is 31.5 Å². The predicted molar refractivity (Wildman–Crippen MR) is 117 cm³/mol. The first-order valence-electron chi connectivity index (χ1n) is 10.4. The fraction of sp³-hybridized carbons (Fsp3) is 0.375. The van der Waals surface area contributed by atoms with E-state index in [2.05, 4.69) is 17.6 Å². The minimum Gasteiger partial charge on any atom is -0.384 e. The summed E-state index contributed by atoms with van der Waals surface area (Å²) in [5, 5.41) is 15.4. The maximum atomic E-state index is 14.5. The standard InChI is InChI=1S/C24H28F3N3O/c1-3-4-5-19(23(28)16-6-8-17(25)9-7-16)24(15-22(24)29-12-13-31-2)30-21-11-10-18(26)14-20(21)27/h6-11,14-15,19,28-30H,3-5,12-13H2,1-2H3. The average molecular weight is 432 g/mol. The van der Waals surface area contributed by atoms with E-state index < -0.39 is 17.2 Å². The zero-order valence-corrected chi connectivity index (χ0v) is 17.8. The van der Waals surface area contributed by atoms with E-state index in [1.54, 1.807) is 19.2 Å². The number of benzene rings is 2. The highest BCUT2D eigenvalue weighted by Crippen LogP contribution is 2.46. The van der Waals surface area contributed by atoms with Crippen LogP contribution in [0.5, 0.6) is 0 Å². The maximum absolute atomic E-state index is 14.5. The van der Waals surface area contributed by atoms with E-state index in [4.69, 9.17) is 10.1 Å². The summed E-state index contributed by atoms with van der Waals surface area (Å²) in [7, 11) is 1.61. The number of ether oxygens (including phenoxy) is 1. The summed E-state index contributed by atoms with van der Waals surface area (Å²) < 4.78 is 46.4. The largest absolute Gasteiger partial charge is 0.384 e. The van der Waals surface area contributed by atoms with Crippen LogP contribution in [0.2, 0.25) is 0 Å². The van der Waals surface area contributed by atoms with Gasteiger partial charge in [-0.15, -0.1) is 0 Å². The van der Waals surface area contributed by atoms with E-state index in [1.807, 2.05) is 6.08 Å². The Morgan fingerprint density at radius 3 is 2.45 bits per heavy atom. The molecule has 31 heavy (non-hydrogen) atoms. The molecule has 0 saturated carbocycles. The third kappa shape index (κ3) is 5.28. The van der Waals surface area contributed by atoms with Crippen LogP contribution in [0.1, 0.15) is 31.7 Å². The lowest BCUT2D eigenvalue weighted by Gasteiger charge is -2.32. The maximum Gasteiger partial charge on any atom is 0.149 e. The molecule has 0 bridgehead atoms. The second kappa shape index (κ2) is 10.0. The molecule has 0 aliphatic heterocycles. The van der Waals surface area contributed by atoms with Crippen molar-refractivity contribution in [2.45, 2.75) is 31.7 Å². The number of rotatable bonds is 12. The molecule has 0 heterocycles. The predicted octanol–water partition coefficient (Wildman–Crippen LogP) is 5.26. The van der Waals surface area contributed by atoms with Crippen molar-refractivity contribution in [2.75, 3.05) is 25.6 Å². The normalized spacial score (nSPS) is 18.3. The lowest BCUT2D eigenvalue weighted by molar-refractivity contribution is 0.201. The van der Waals surface area contributed by atoms with Crippen LogP contribution in [0.15, 0.2) is 54.2 Å². The third-order valence-electron chi connectivity index (χ3n) is 5.53. The van der Waals surface area contributed by atoms with Crippen LogP contribution in [-0.2, 0) is 4.74 Å². The third-order valence-corrected chi connectivity index (χ3v) is 5.53. The smallest absolute Gasteiger partial charge is 0.149 e. The highest BCUT2D eigenvalue weighted by atomic mass is 19.1. The van der Waals surface area contributed by atoms with Gasteiger partial charge in [0.25, 0.3) is 0 Å². The van der Waals surface area contributed by atoms with Crippen molar-refractivity contribution in [3.63, 3.8) is 0 Å². The van der Waals surface area contributed by atoms with Gasteiger partial charge in [0, 0.05) is 37.0 Å². The van der Waals surface area contributed by atoms with Gasteiger partial charge in [0.1, 0.15) is 23.0 Å². The van der Waals surface area contributed by atoms with Crippen molar-refractivity contribution in [1.29, 1.82) is 5.41 Å². The van der Waals surface area contributed by atoms with Crippen LogP contribution < -0.4 is 10.6 Å². The molecule has 4 nitrogen and oxygen atoms in total. The zero-order valence-electron chi connectivity index (χ0n) is 17.8. The monoisotopic (exact) mass is 431 g/mol. The molecule has 0 saturated heterocycles. The number of unbranched alkanes of at least 4 members (excludes halogenated alkanes) is 1. The van der Waals surface area contributed by atoms with Gasteiger partial charge in [-0.3, -0.25) is 0 Å². The Hall–Kier alpha value is -2.80.